The highest BCUT2D eigenvalue weighted by atomic mass is 14.7. The quantitative estimate of drug-likeness (QED) is 0.778. The second kappa shape index (κ2) is 6.66. The molecule has 90 valence electrons. The zero-order valence-corrected chi connectivity index (χ0v) is 10.3. The lowest BCUT2D eigenvalue weighted by Gasteiger charge is -2.09. The van der Waals surface area contributed by atoms with E-state index in [1.807, 2.05) is 43.3 Å². The fraction of sp³-hybridized carbons (Fsp3) is 0.214. The highest BCUT2D eigenvalue weighted by molar-refractivity contribution is 6.06. The number of aliphatic imine (C=N–C) groups is 1. The summed E-state index contributed by atoms with van der Waals surface area (Å²) in [6, 6.07) is 8.07. The van der Waals surface area contributed by atoms with Crippen molar-refractivity contribution in [3.05, 3.63) is 53.7 Å². The third-order valence-electron chi connectivity index (χ3n) is 2.45. The molecule has 0 saturated heterocycles. The van der Waals surface area contributed by atoms with E-state index in [2.05, 4.69) is 4.99 Å². The fourth-order valence-corrected chi connectivity index (χ4v) is 1.56. The molecule has 0 heterocycles. The molecule has 1 aromatic carbocycles. The van der Waals surface area contributed by atoms with E-state index in [-0.39, 0.29) is 6.04 Å². The Labute approximate surface area is 103 Å². The van der Waals surface area contributed by atoms with Crippen molar-refractivity contribution in [1.29, 1.82) is 0 Å². The van der Waals surface area contributed by atoms with E-state index in [0.717, 1.165) is 16.8 Å². The summed E-state index contributed by atoms with van der Waals surface area (Å²) >= 11 is 0. The molecule has 17 heavy (non-hydrogen) atoms. The van der Waals surface area contributed by atoms with Gasteiger partial charge in [0, 0.05) is 13.1 Å². The predicted octanol–water partition coefficient (Wildman–Crippen LogP) is 2.26. The van der Waals surface area contributed by atoms with Crippen molar-refractivity contribution in [2.45, 2.75) is 13.0 Å². The van der Waals surface area contributed by atoms with Crippen molar-refractivity contribution in [2.75, 3.05) is 7.05 Å². The summed E-state index contributed by atoms with van der Waals surface area (Å²) in [4.78, 5) is 4.10. The van der Waals surface area contributed by atoms with Gasteiger partial charge in [-0.3, -0.25) is 4.99 Å². The molecule has 0 saturated carbocycles. The first kappa shape index (κ1) is 13.2. The molecule has 1 rings (SSSR count). The van der Waals surface area contributed by atoms with Crippen molar-refractivity contribution in [1.82, 2.24) is 0 Å². The van der Waals surface area contributed by atoms with Gasteiger partial charge in [-0.15, -0.1) is 0 Å². The van der Waals surface area contributed by atoms with Gasteiger partial charge in [0.2, 0.25) is 0 Å². The Morgan fingerprint density at radius 1 is 1.29 bits per heavy atom. The smallest absolute Gasteiger partial charge is 0.0585 e. The van der Waals surface area contributed by atoms with Crippen LogP contribution in [0.5, 0.6) is 0 Å². The minimum absolute atomic E-state index is 0.0166. The average molecular weight is 229 g/mol. The monoisotopic (exact) mass is 229 g/mol. The minimum Gasteiger partial charge on any atom is -0.405 e. The third kappa shape index (κ3) is 3.89. The first-order chi connectivity index (χ1) is 8.19. The number of hydrogen-bond donors (Lipinski definition) is 2. The number of rotatable bonds is 4. The summed E-state index contributed by atoms with van der Waals surface area (Å²) in [5.74, 6) is 0. The zero-order chi connectivity index (χ0) is 12.7. The van der Waals surface area contributed by atoms with Crippen molar-refractivity contribution >= 4 is 11.8 Å². The molecule has 3 heteroatoms. The normalized spacial score (nSPS) is 14.6. The van der Waals surface area contributed by atoms with Crippen LogP contribution in [0.4, 0.5) is 0 Å². The van der Waals surface area contributed by atoms with Gasteiger partial charge in [0.1, 0.15) is 0 Å². The molecule has 0 unspecified atom stereocenters. The molecule has 0 fully saturated rings. The van der Waals surface area contributed by atoms with Crippen LogP contribution in [0.3, 0.4) is 0 Å². The molecule has 4 N–H and O–H groups in total. The van der Waals surface area contributed by atoms with E-state index in [9.17, 15) is 0 Å². The van der Waals surface area contributed by atoms with Gasteiger partial charge in [0.05, 0.1) is 5.71 Å². The van der Waals surface area contributed by atoms with E-state index in [4.69, 9.17) is 11.5 Å². The van der Waals surface area contributed by atoms with Crippen LogP contribution in [0.15, 0.2) is 47.6 Å². The summed E-state index contributed by atoms with van der Waals surface area (Å²) < 4.78 is 0. The van der Waals surface area contributed by atoms with E-state index in [1.54, 1.807) is 13.1 Å². The Bertz CT molecular complexity index is 443. The molecule has 0 bridgehead atoms. The van der Waals surface area contributed by atoms with Crippen LogP contribution < -0.4 is 11.5 Å². The van der Waals surface area contributed by atoms with Gasteiger partial charge in [0.15, 0.2) is 0 Å². The lowest BCUT2D eigenvalue weighted by molar-refractivity contribution is 0.816. The number of nitrogens with two attached hydrogens (primary N) is 2. The third-order valence-corrected chi connectivity index (χ3v) is 2.45. The highest BCUT2D eigenvalue weighted by Crippen LogP contribution is 2.16. The molecule has 1 aromatic rings. The summed E-state index contributed by atoms with van der Waals surface area (Å²) in [6.07, 6.45) is 7.15. The van der Waals surface area contributed by atoms with Crippen LogP contribution >= 0.6 is 0 Å². The van der Waals surface area contributed by atoms with Crippen molar-refractivity contribution < 1.29 is 0 Å². The molecule has 0 aliphatic rings. The van der Waals surface area contributed by atoms with Crippen molar-refractivity contribution in [2.24, 2.45) is 16.5 Å². The van der Waals surface area contributed by atoms with Gasteiger partial charge < -0.3 is 11.5 Å². The predicted molar refractivity (Wildman–Crippen MR) is 74.8 cm³/mol. The summed E-state index contributed by atoms with van der Waals surface area (Å²) in [6.45, 7) is 1.97. The molecule has 0 aromatic heterocycles. The van der Waals surface area contributed by atoms with Crippen LogP contribution in [-0.2, 0) is 0 Å². The van der Waals surface area contributed by atoms with E-state index in [1.165, 1.54) is 6.20 Å². The van der Waals surface area contributed by atoms with Crippen LogP contribution in [0, 0.1) is 0 Å². The van der Waals surface area contributed by atoms with Gasteiger partial charge >= 0.3 is 0 Å². The molecule has 0 aliphatic carbocycles. The first-order valence-corrected chi connectivity index (χ1v) is 5.56. The maximum absolute atomic E-state index is 5.91. The summed E-state index contributed by atoms with van der Waals surface area (Å²) in [5.41, 5.74) is 14.3. The maximum Gasteiger partial charge on any atom is 0.0585 e. The zero-order valence-electron chi connectivity index (χ0n) is 10.3. The Morgan fingerprint density at radius 2 is 2.00 bits per heavy atom. The van der Waals surface area contributed by atoms with Gasteiger partial charge in [-0.2, -0.15) is 0 Å². The second-order valence-electron chi connectivity index (χ2n) is 3.76. The summed E-state index contributed by atoms with van der Waals surface area (Å²) in [7, 11) is 1.73. The van der Waals surface area contributed by atoms with E-state index < -0.39 is 0 Å². The fourth-order valence-electron chi connectivity index (χ4n) is 1.56. The highest BCUT2D eigenvalue weighted by Gasteiger charge is 2.02. The van der Waals surface area contributed by atoms with Crippen molar-refractivity contribution in [3.63, 3.8) is 0 Å². The van der Waals surface area contributed by atoms with Crippen LogP contribution in [0.2, 0.25) is 0 Å². The standard InChI is InChI=1S/C14H19N3/c1-11(16)14-6-4-3-5-12(14)7-8-13(17-2)9-10-15/h3-11H,15-16H2,1-2H3/b8-7+,10-9-,17-13?/t11-/m0/s1. The minimum atomic E-state index is 0.0166. The van der Waals surface area contributed by atoms with Gasteiger partial charge in [-0.1, -0.05) is 30.3 Å². The molecule has 0 amide bonds. The Morgan fingerprint density at radius 3 is 2.59 bits per heavy atom. The SMILES string of the molecule is CN=C(/C=C\N)/C=C/c1ccccc1[C@H](C)N. The Kier molecular flexibility index (Phi) is 5.17. The lowest BCUT2D eigenvalue weighted by Crippen LogP contribution is -2.06. The largest absolute Gasteiger partial charge is 0.405 e. The molecule has 3 nitrogen and oxygen atoms in total. The number of allylic oxidation sites excluding steroid dienone is 2. The van der Waals surface area contributed by atoms with E-state index in [0.29, 0.717) is 0 Å². The number of benzene rings is 1. The van der Waals surface area contributed by atoms with Gasteiger partial charge in [-0.25, -0.2) is 0 Å². The average Bonchev–Trinajstić information content (AvgIpc) is 2.34. The summed E-state index contributed by atoms with van der Waals surface area (Å²) in [5, 5.41) is 0. The van der Waals surface area contributed by atoms with Crippen molar-refractivity contribution in [3.8, 4) is 0 Å². The molecular formula is C14H19N3. The van der Waals surface area contributed by atoms with Gasteiger partial charge in [-0.05, 0) is 36.4 Å². The van der Waals surface area contributed by atoms with Crippen LogP contribution in [0.1, 0.15) is 24.1 Å². The molecular weight excluding hydrogens is 210 g/mol. The van der Waals surface area contributed by atoms with E-state index >= 15 is 0 Å². The lowest BCUT2D eigenvalue weighted by atomic mass is 10.0. The number of nitrogens with zero attached hydrogens (tertiary/aromatic N) is 1. The molecule has 1 atom stereocenters. The maximum atomic E-state index is 5.91. The van der Waals surface area contributed by atoms with Crippen LogP contribution in [0.25, 0.3) is 6.08 Å². The first-order valence-electron chi connectivity index (χ1n) is 5.56. The Balaban J connectivity index is 2.99. The second-order valence-corrected chi connectivity index (χ2v) is 3.76. The molecule has 0 spiro atoms. The molecule has 0 radical (unpaired) electrons. The van der Waals surface area contributed by atoms with Gasteiger partial charge in [0.25, 0.3) is 0 Å². The number of hydrogen-bond acceptors (Lipinski definition) is 3. The Hall–Kier alpha value is -1.87. The van der Waals surface area contributed by atoms with Crippen LogP contribution in [-0.4, -0.2) is 12.8 Å². The topological polar surface area (TPSA) is 64.4 Å². The molecule has 0 aliphatic heterocycles.